The van der Waals surface area contributed by atoms with E-state index in [9.17, 15) is 13.0 Å². The van der Waals surface area contributed by atoms with Crippen LogP contribution in [0.1, 0.15) is 138 Å². The Morgan fingerprint density at radius 2 is 1.55 bits per heavy atom. The van der Waals surface area contributed by atoms with Gasteiger partial charge in [0.25, 0.3) is 0 Å². The Hall–Kier alpha value is -0.330. The van der Waals surface area contributed by atoms with E-state index in [0.717, 1.165) is 44.4 Å². The van der Waals surface area contributed by atoms with Crippen LogP contribution in [0.3, 0.4) is 0 Å². The third kappa shape index (κ3) is 5.56. The van der Waals surface area contributed by atoms with Gasteiger partial charge in [0.2, 0.25) is 5.79 Å². The van der Waals surface area contributed by atoms with E-state index in [0.29, 0.717) is 48.3 Å². The summed E-state index contributed by atoms with van der Waals surface area (Å²) in [5.74, 6) is 3.15. The lowest BCUT2D eigenvalue weighted by molar-refractivity contribution is -0.578. The standard InChI is InChI=1S/C39H64O9S/c1-8-9-22(2)27-12-13-30-26-21-33(46-49(40,41)42)32-20-25(14-17-37(32,6)31(26)15-18-36(27,30)5)43-34-24(4)29-11-10-23(3)28-16-19-38(7)45-35(44-34)39(28,29)48-47-38/h22-35H,8-21H2,1-7H3,(H,40,41,42)/t22-,23-,24-,25-,26?,27-,28?,29?,30?,31?,32?,33?,34?,35?,36-,37-,38+,39-/m1/s1. The van der Waals surface area contributed by atoms with Crippen molar-refractivity contribution in [3.63, 3.8) is 0 Å². The largest absolute Gasteiger partial charge is 0.397 e. The maximum atomic E-state index is 12.4. The lowest BCUT2D eigenvalue weighted by Gasteiger charge is -2.63. The molecule has 10 heteroatoms. The third-order valence-corrected chi connectivity index (χ3v) is 17.3. The fourth-order valence-corrected chi connectivity index (χ4v) is 15.0. The smallest absolute Gasteiger partial charge is 0.349 e. The Balaban J connectivity index is 1.03. The molecule has 5 aliphatic carbocycles. The van der Waals surface area contributed by atoms with Gasteiger partial charge in [0.1, 0.15) is 0 Å². The molecule has 2 bridgehead atoms. The highest BCUT2D eigenvalue weighted by atomic mass is 32.3. The highest BCUT2D eigenvalue weighted by Gasteiger charge is 2.70. The average molecular weight is 709 g/mol. The summed E-state index contributed by atoms with van der Waals surface area (Å²) >= 11 is 0. The van der Waals surface area contributed by atoms with Crippen LogP contribution >= 0.6 is 0 Å². The van der Waals surface area contributed by atoms with E-state index in [-0.39, 0.29) is 34.7 Å². The van der Waals surface area contributed by atoms with Crippen molar-refractivity contribution in [3.8, 4) is 0 Å². The van der Waals surface area contributed by atoms with Crippen LogP contribution in [0.15, 0.2) is 0 Å². The molecule has 0 radical (unpaired) electrons. The van der Waals surface area contributed by atoms with E-state index in [4.69, 9.17) is 28.2 Å². The van der Waals surface area contributed by atoms with Gasteiger partial charge in [-0.1, -0.05) is 54.4 Å². The van der Waals surface area contributed by atoms with E-state index in [1.54, 1.807) is 0 Å². The van der Waals surface area contributed by atoms with Gasteiger partial charge in [-0.15, -0.1) is 0 Å². The van der Waals surface area contributed by atoms with Crippen molar-refractivity contribution in [1.82, 2.24) is 0 Å². The molecule has 4 aliphatic heterocycles. The first-order valence-electron chi connectivity index (χ1n) is 20.1. The quantitative estimate of drug-likeness (QED) is 0.158. The van der Waals surface area contributed by atoms with Gasteiger partial charge >= 0.3 is 10.4 Å². The summed E-state index contributed by atoms with van der Waals surface area (Å²) in [6, 6.07) is 0. The fraction of sp³-hybridized carbons (Fsp3) is 1.00. The molecule has 0 aromatic carbocycles. The summed E-state index contributed by atoms with van der Waals surface area (Å²) in [7, 11) is -4.61. The highest BCUT2D eigenvalue weighted by molar-refractivity contribution is 7.80. The summed E-state index contributed by atoms with van der Waals surface area (Å²) in [4.78, 5) is 12.4. The summed E-state index contributed by atoms with van der Waals surface area (Å²) in [6.07, 6.45) is 12.9. The zero-order chi connectivity index (χ0) is 34.7. The van der Waals surface area contributed by atoms with Crippen LogP contribution in [0, 0.1) is 70.0 Å². The Bertz CT molecular complexity index is 1360. The van der Waals surface area contributed by atoms with Gasteiger partial charge in [-0.05, 0) is 136 Å². The molecule has 1 spiro atoms. The minimum absolute atomic E-state index is 0.0269. The van der Waals surface area contributed by atoms with Crippen molar-refractivity contribution in [2.75, 3.05) is 0 Å². The predicted octanol–water partition coefficient (Wildman–Crippen LogP) is 8.47. The molecule has 0 amide bonds. The normalized spacial score (nSPS) is 55.8. The lowest BCUT2D eigenvalue weighted by atomic mass is 9.43. The number of fused-ring (bicyclic) bond motifs is 7. The Labute approximate surface area is 295 Å². The SMILES string of the molecule is CCC[C@@H](C)[C@H]1CCC2C3CC(OS(=O)(=O)O)C4C[C@H](OC5OC6O[C@]7(C)CCC8[C@H](C)CCC([C@H]5C)[C@@]68OO7)CC[C@]4(C)C3CC[C@@]21C. The lowest BCUT2D eigenvalue weighted by Crippen LogP contribution is -2.70. The molecule has 5 saturated carbocycles. The third-order valence-electron chi connectivity index (χ3n) is 16.8. The van der Waals surface area contributed by atoms with Gasteiger partial charge in [0.15, 0.2) is 18.2 Å². The fourth-order valence-electron chi connectivity index (χ4n) is 14.5. The van der Waals surface area contributed by atoms with Crippen molar-refractivity contribution in [3.05, 3.63) is 0 Å². The monoisotopic (exact) mass is 708 g/mol. The van der Waals surface area contributed by atoms with E-state index < -0.39 is 40.5 Å². The molecule has 9 aliphatic rings. The zero-order valence-corrected chi connectivity index (χ0v) is 31.9. The molecule has 9 fully saturated rings. The van der Waals surface area contributed by atoms with Crippen molar-refractivity contribution in [2.45, 2.75) is 175 Å². The maximum absolute atomic E-state index is 12.4. The Morgan fingerprint density at radius 1 is 0.837 bits per heavy atom. The molecule has 1 N–H and O–H groups in total. The van der Waals surface area contributed by atoms with Gasteiger partial charge in [0, 0.05) is 18.3 Å². The van der Waals surface area contributed by atoms with E-state index in [1.165, 1.54) is 38.5 Å². The molecule has 9 unspecified atom stereocenters. The molecule has 4 heterocycles. The van der Waals surface area contributed by atoms with E-state index in [1.807, 2.05) is 6.92 Å². The van der Waals surface area contributed by atoms with Crippen molar-refractivity contribution in [1.29, 1.82) is 0 Å². The molecule has 0 aromatic heterocycles. The first-order valence-corrected chi connectivity index (χ1v) is 21.5. The van der Waals surface area contributed by atoms with Crippen LogP contribution < -0.4 is 0 Å². The second-order valence-electron chi connectivity index (χ2n) is 19.1. The molecule has 9 nitrogen and oxygen atoms in total. The minimum atomic E-state index is -4.61. The number of hydrogen-bond acceptors (Lipinski definition) is 8. The number of ether oxygens (including phenoxy) is 3. The first kappa shape index (κ1) is 35.7. The van der Waals surface area contributed by atoms with Gasteiger partial charge in [-0.2, -0.15) is 8.42 Å². The van der Waals surface area contributed by atoms with E-state index in [2.05, 4.69) is 41.5 Å². The molecule has 9 rings (SSSR count). The predicted molar refractivity (Wildman–Crippen MR) is 183 cm³/mol. The van der Waals surface area contributed by atoms with E-state index >= 15 is 0 Å². The minimum Gasteiger partial charge on any atom is -0.349 e. The summed E-state index contributed by atoms with van der Waals surface area (Å²) in [6.45, 7) is 16.2. The molecule has 0 aromatic rings. The number of rotatable bonds is 7. The van der Waals surface area contributed by atoms with Gasteiger partial charge < -0.3 is 14.2 Å². The molecule has 49 heavy (non-hydrogen) atoms. The number of hydrogen-bond donors (Lipinski definition) is 1. The molecular formula is C39H64O9S. The summed E-state index contributed by atoms with van der Waals surface area (Å²) in [5.41, 5.74) is -0.422. The van der Waals surface area contributed by atoms with Gasteiger partial charge in [0.05, 0.1) is 12.2 Å². The molecular weight excluding hydrogens is 644 g/mol. The Kier molecular flexibility index (Phi) is 9.00. The van der Waals surface area contributed by atoms with Crippen molar-refractivity contribution in [2.24, 2.45) is 70.0 Å². The molecule has 4 saturated heterocycles. The van der Waals surface area contributed by atoms with Gasteiger partial charge in [-0.3, -0.25) is 4.55 Å². The second-order valence-corrected chi connectivity index (χ2v) is 20.1. The van der Waals surface area contributed by atoms with Crippen LogP contribution in [0.4, 0.5) is 0 Å². The molecule has 18 atom stereocenters. The van der Waals surface area contributed by atoms with Crippen LogP contribution in [0.2, 0.25) is 0 Å². The zero-order valence-electron chi connectivity index (χ0n) is 31.1. The maximum Gasteiger partial charge on any atom is 0.397 e. The summed E-state index contributed by atoms with van der Waals surface area (Å²) < 4.78 is 61.0. The highest BCUT2D eigenvalue weighted by Crippen LogP contribution is 2.69. The molecule has 280 valence electrons. The van der Waals surface area contributed by atoms with Crippen LogP contribution in [0.25, 0.3) is 0 Å². The summed E-state index contributed by atoms with van der Waals surface area (Å²) in [5, 5.41) is 0. The first-order chi connectivity index (χ1) is 23.1. The second kappa shape index (κ2) is 12.4. The van der Waals surface area contributed by atoms with Crippen molar-refractivity contribution >= 4 is 10.4 Å². The van der Waals surface area contributed by atoms with Crippen LogP contribution in [-0.2, 0) is 38.6 Å². The van der Waals surface area contributed by atoms with Crippen molar-refractivity contribution < 1.29 is 41.1 Å². The van der Waals surface area contributed by atoms with Crippen LogP contribution in [-0.4, -0.2) is 49.1 Å². The average Bonchev–Trinajstić information content (AvgIpc) is 3.23. The van der Waals surface area contributed by atoms with Crippen LogP contribution in [0.5, 0.6) is 0 Å². The topological polar surface area (TPSA) is 110 Å². The Morgan fingerprint density at radius 3 is 2.31 bits per heavy atom. The van der Waals surface area contributed by atoms with Gasteiger partial charge in [-0.25, -0.2) is 14.0 Å².